The van der Waals surface area contributed by atoms with Crippen molar-refractivity contribution in [2.24, 2.45) is 5.73 Å². The van der Waals surface area contributed by atoms with Gasteiger partial charge in [-0.05, 0) is 31.5 Å². The van der Waals surface area contributed by atoms with Gasteiger partial charge in [-0.3, -0.25) is 4.90 Å². The lowest BCUT2D eigenvalue weighted by Crippen LogP contribution is -2.53. The Kier molecular flexibility index (Phi) is 4.02. The second kappa shape index (κ2) is 5.52. The number of nitrogens with two attached hydrogens (primary N) is 1. The van der Waals surface area contributed by atoms with Gasteiger partial charge >= 0.3 is 0 Å². The Morgan fingerprint density at radius 1 is 1.35 bits per heavy atom. The number of hydrogen-bond donors (Lipinski definition) is 1. The Bertz CT molecular complexity index is 364. The van der Waals surface area contributed by atoms with Crippen molar-refractivity contribution < 1.29 is 0 Å². The smallest absolute Gasteiger partial charge is 0.0369 e. The predicted octanol–water partition coefficient (Wildman–Crippen LogP) is 1.46. The molecule has 0 amide bonds. The van der Waals surface area contributed by atoms with Crippen LogP contribution in [0.3, 0.4) is 0 Å². The monoisotopic (exact) mass is 233 g/mol. The Hall–Kier alpha value is -1.06. The fourth-order valence-electron chi connectivity index (χ4n) is 2.55. The van der Waals surface area contributed by atoms with Gasteiger partial charge in [0.1, 0.15) is 0 Å². The lowest BCUT2D eigenvalue weighted by Gasteiger charge is -2.41. The van der Waals surface area contributed by atoms with Crippen molar-refractivity contribution in [1.82, 2.24) is 4.90 Å². The van der Waals surface area contributed by atoms with Gasteiger partial charge in [-0.2, -0.15) is 0 Å². The van der Waals surface area contributed by atoms with Crippen molar-refractivity contribution in [1.29, 1.82) is 0 Å². The van der Waals surface area contributed by atoms with E-state index in [1.165, 1.54) is 11.3 Å². The van der Waals surface area contributed by atoms with E-state index >= 15 is 0 Å². The third-order valence-electron chi connectivity index (χ3n) is 3.55. The van der Waals surface area contributed by atoms with Gasteiger partial charge in [0.05, 0.1) is 0 Å². The van der Waals surface area contributed by atoms with Crippen molar-refractivity contribution in [2.45, 2.75) is 19.9 Å². The normalized spacial score (nSPS) is 21.8. The summed E-state index contributed by atoms with van der Waals surface area (Å²) in [7, 11) is 0. The Labute approximate surface area is 104 Å². The van der Waals surface area contributed by atoms with E-state index in [0.29, 0.717) is 6.04 Å². The van der Waals surface area contributed by atoms with Crippen molar-refractivity contribution in [3.63, 3.8) is 0 Å². The molecule has 1 aromatic rings. The summed E-state index contributed by atoms with van der Waals surface area (Å²) in [6.07, 6.45) is 0. The highest BCUT2D eigenvalue weighted by Crippen LogP contribution is 2.19. The van der Waals surface area contributed by atoms with Crippen molar-refractivity contribution in [3.8, 4) is 0 Å². The third-order valence-corrected chi connectivity index (χ3v) is 3.55. The summed E-state index contributed by atoms with van der Waals surface area (Å²) in [5.41, 5.74) is 8.32. The van der Waals surface area contributed by atoms with E-state index in [2.05, 4.69) is 47.9 Å². The fraction of sp³-hybridized carbons (Fsp3) is 0.571. The summed E-state index contributed by atoms with van der Waals surface area (Å²) in [5.74, 6) is 0. The largest absolute Gasteiger partial charge is 0.369 e. The molecule has 1 heterocycles. The van der Waals surface area contributed by atoms with E-state index in [0.717, 1.165) is 32.7 Å². The van der Waals surface area contributed by atoms with Gasteiger partial charge in [0.25, 0.3) is 0 Å². The molecule has 0 radical (unpaired) electrons. The zero-order valence-electron chi connectivity index (χ0n) is 10.9. The molecular formula is C14H23N3. The zero-order valence-corrected chi connectivity index (χ0v) is 10.9. The van der Waals surface area contributed by atoms with Gasteiger partial charge in [-0.15, -0.1) is 0 Å². The molecule has 0 saturated carbocycles. The average molecular weight is 233 g/mol. The van der Waals surface area contributed by atoms with Crippen LogP contribution >= 0.6 is 0 Å². The molecule has 1 atom stereocenters. The number of rotatable bonds is 3. The topological polar surface area (TPSA) is 32.5 Å². The van der Waals surface area contributed by atoms with Gasteiger partial charge in [0, 0.05) is 44.5 Å². The summed E-state index contributed by atoms with van der Waals surface area (Å²) in [6.45, 7) is 9.54. The molecule has 94 valence electrons. The number of aryl methyl sites for hydroxylation is 1. The number of anilines is 1. The fourth-order valence-corrected chi connectivity index (χ4v) is 2.55. The SMILES string of the molecule is Cc1cccc(N2CCN(CCN)C(C)C2)c1. The summed E-state index contributed by atoms with van der Waals surface area (Å²) in [4.78, 5) is 4.96. The standard InChI is InChI=1S/C14H23N3/c1-12-4-3-5-14(10-12)17-9-8-16(7-6-15)13(2)11-17/h3-5,10,13H,6-9,11,15H2,1-2H3. The van der Waals surface area contributed by atoms with Gasteiger partial charge < -0.3 is 10.6 Å². The molecule has 1 fully saturated rings. The third kappa shape index (κ3) is 2.99. The molecule has 0 aromatic heterocycles. The molecule has 1 aliphatic heterocycles. The van der Waals surface area contributed by atoms with Crippen LogP contribution in [-0.2, 0) is 0 Å². The number of piperazine rings is 1. The summed E-state index contributed by atoms with van der Waals surface area (Å²) in [6, 6.07) is 9.36. The van der Waals surface area contributed by atoms with Gasteiger partial charge in [-0.1, -0.05) is 12.1 Å². The van der Waals surface area contributed by atoms with Crippen LogP contribution in [0.5, 0.6) is 0 Å². The van der Waals surface area contributed by atoms with E-state index in [-0.39, 0.29) is 0 Å². The molecule has 0 aliphatic carbocycles. The van der Waals surface area contributed by atoms with Crippen molar-refractivity contribution in [3.05, 3.63) is 29.8 Å². The van der Waals surface area contributed by atoms with Crippen LogP contribution in [0.15, 0.2) is 24.3 Å². The van der Waals surface area contributed by atoms with Crippen LogP contribution in [0.25, 0.3) is 0 Å². The van der Waals surface area contributed by atoms with Crippen molar-refractivity contribution >= 4 is 5.69 Å². The molecule has 1 saturated heterocycles. The zero-order chi connectivity index (χ0) is 12.3. The van der Waals surface area contributed by atoms with Crippen LogP contribution in [0.4, 0.5) is 5.69 Å². The minimum absolute atomic E-state index is 0.591. The first-order chi connectivity index (χ1) is 8.20. The highest BCUT2D eigenvalue weighted by molar-refractivity contribution is 5.49. The van der Waals surface area contributed by atoms with Gasteiger partial charge in [0.15, 0.2) is 0 Å². The number of benzene rings is 1. The second-order valence-electron chi connectivity index (χ2n) is 4.96. The highest BCUT2D eigenvalue weighted by Gasteiger charge is 2.22. The van der Waals surface area contributed by atoms with E-state index in [9.17, 15) is 0 Å². The highest BCUT2D eigenvalue weighted by atomic mass is 15.3. The molecule has 1 unspecified atom stereocenters. The minimum Gasteiger partial charge on any atom is -0.369 e. The van der Waals surface area contributed by atoms with E-state index in [1.54, 1.807) is 0 Å². The van der Waals surface area contributed by atoms with Crippen LogP contribution < -0.4 is 10.6 Å². The Morgan fingerprint density at radius 3 is 2.82 bits per heavy atom. The maximum atomic E-state index is 5.63. The lowest BCUT2D eigenvalue weighted by molar-refractivity contribution is 0.195. The van der Waals surface area contributed by atoms with Gasteiger partial charge in [-0.25, -0.2) is 0 Å². The van der Waals surface area contributed by atoms with Crippen LogP contribution in [0.2, 0.25) is 0 Å². The maximum Gasteiger partial charge on any atom is 0.0369 e. The summed E-state index contributed by atoms with van der Waals surface area (Å²) in [5, 5.41) is 0. The maximum absolute atomic E-state index is 5.63. The molecule has 3 nitrogen and oxygen atoms in total. The molecule has 2 rings (SSSR count). The first-order valence-corrected chi connectivity index (χ1v) is 6.46. The summed E-state index contributed by atoms with van der Waals surface area (Å²) >= 11 is 0. The van der Waals surface area contributed by atoms with Crippen LogP contribution in [0.1, 0.15) is 12.5 Å². The first kappa shape index (κ1) is 12.4. The molecule has 0 bridgehead atoms. The quantitative estimate of drug-likeness (QED) is 0.858. The summed E-state index contributed by atoms with van der Waals surface area (Å²) < 4.78 is 0. The molecule has 0 spiro atoms. The molecule has 1 aromatic carbocycles. The average Bonchev–Trinajstić information content (AvgIpc) is 2.32. The van der Waals surface area contributed by atoms with E-state index < -0.39 is 0 Å². The van der Waals surface area contributed by atoms with Crippen LogP contribution in [-0.4, -0.2) is 43.7 Å². The van der Waals surface area contributed by atoms with Crippen molar-refractivity contribution in [2.75, 3.05) is 37.6 Å². The molecule has 3 heteroatoms. The van der Waals surface area contributed by atoms with E-state index in [4.69, 9.17) is 5.73 Å². The Balaban J connectivity index is 2.01. The predicted molar refractivity (Wildman–Crippen MR) is 73.5 cm³/mol. The molecular weight excluding hydrogens is 210 g/mol. The Morgan fingerprint density at radius 2 is 2.18 bits per heavy atom. The number of hydrogen-bond acceptors (Lipinski definition) is 3. The first-order valence-electron chi connectivity index (χ1n) is 6.46. The molecule has 17 heavy (non-hydrogen) atoms. The second-order valence-corrected chi connectivity index (χ2v) is 4.96. The lowest BCUT2D eigenvalue weighted by atomic mass is 10.1. The number of nitrogens with zero attached hydrogens (tertiary/aromatic N) is 2. The molecule has 2 N–H and O–H groups in total. The van der Waals surface area contributed by atoms with Crippen LogP contribution in [0, 0.1) is 6.92 Å². The minimum atomic E-state index is 0.591. The van der Waals surface area contributed by atoms with Gasteiger partial charge in [0.2, 0.25) is 0 Å². The van der Waals surface area contributed by atoms with E-state index in [1.807, 2.05) is 0 Å². The molecule has 1 aliphatic rings.